The number of fused-ring (bicyclic) bond motifs is 10. The number of carbonyl (C=O) groups excluding carboxylic acids is 6. The average molecular weight is 1930 g/mol. The highest BCUT2D eigenvalue weighted by atomic mass is 32.2. The topological polar surface area (TPSA) is 413 Å². The van der Waals surface area contributed by atoms with Crippen molar-refractivity contribution in [3.63, 3.8) is 0 Å². The van der Waals surface area contributed by atoms with Crippen LogP contribution in [0.3, 0.4) is 0 Å². The van der Waals surface area contributed by atoms with Gasteiger partial charge in [-0.3, -0.25) is 19.2 Å². The molecule has 0 saturated heterocycles. The Bertz CT molecular complexity index is 7750. The van der Waals surface area contributed by atoms with Crippen LogP contribution in [0.25, 0.3) is 88.3 Å². The van der Waals surface area contributed by atoms with Crippen LogP contribution in [-0.4, -0.2) is 185 Å². The number of nitrogens with one attached hydrogen (secondary N) is 1. The van der Waals surface area contributed by atoms with Crippen molar-refractivity contribution >= 4 is 181 Å². The lowest BCUT2D eigenvalue weighted by molar-refractivity contribution is -0.139. The summed E-state index contributed by atoms with van der Waals surface area (Å²) in [5, 5.41) is 70.6. The normalized spacial score (nSPS) is 10.8. The van der Waals surface area contributed by atoms with Crippen LogP contribution in [0.4, 0.5) is 16.2 Å². The Labute approximate surface area is 813 Å². The quantitative estimate of drug-likeness (QED) is 0.0125. The number of benzene rings is 12. The molecule has 0 saturated carbocycles. The Morgan fingerprint density at radius 1 is 0.450 bits per heavy atom. The van der Waals surface area contributed by atoms with E-state index in [0.29, 0.717) is 81.3 Å². The predicted octanol–water partition coefficient (Wildman–Crippen LogP) is 17.4. The fourth-order valence-corrected chi connectivity index (χ4v) is 15.4. The summed E-state index contributed by atoms with van der Waals surface area (Å²) in [4.78, 5) is 75.1. The van der Waals surface area contributed by atoms with Crippen molar-refractivity contribution < 1.29 is 47.7 Å². The summed E-state index contributed by atoms with van der Waals surface area (Å²) in [6.45, 7) is 21.7. The van der Waals surface area contributed by atoms with Crippen LogP contribution in [-0.2, 0) is 61.1 Å². The Balaban J connectivity index is 0.000000129. The molecule has 1 aliphatic heterocycles. The molecular formula is C100H91N27O10S3. The second-order valence-electron chi connectivity index (χ2n) is 30.1. The molecule has 40 heteroatoms. The van der Waals surface area contributed by atoms with Crippen LogP contribution in [0, 0.1) is 0 Å². The maximum atomic E-state index is 12.7. The number of Topliss-reactive ketones (excluding diaryl/α,β-unsaturated/α-hetero) is 1. The molecular weight excluding hydrogens is 1840 g/mol. The molecule has 20 aromatic rings. The second-order valence-corrected chi connectivity index (χ2v) is 32.7. The van der Waals surface area contributed by atoms with Crippen LogP contribution in [0.5, 0.6) is 5.75 Å². The molecule has 0 atom stereocenters. The highest BCUT2D eigenvalue weighted by Crippen LogP contribution is 2.48. The van der Waals surface area contributed by atoms with Crippen molar-refractivity contribution in [2.75, 3.05) is 24.7 Å². The number of hydrogen-bond donors (Lipinski definition) is 1. The Hall–Kier alpha value is -17.7. The van der Waals surface area contributed by atoms with Gasteiger partial charge in [0.1, 0.15) is 93.3 Å². The number of para-hydroxylation sites is 11. The summed E-state index contributed by atoms with van der Waals surface area (Å²) in [6.07, 6.45) is 2.02. The van der Waals surface area contributed by atoms with E-state index >= 15 is 0 Å². The maximum Gasteiger partial charge on any atom is 0.437 e. The SMILES string of the molecule is C=C(C)C(=O)OCCn1nnc2ccccc21.C=CC(=O)NCn1nnc2ccccc21.C=CCOC(=O)n1nnc2ccccc21.CC(=O)CC(=O)n1nnc2ccccc21.CC(C)=Nn1nnc2ccccc21.CCOC(=S)SCn1nnc2ccccc21.O=C(c1ccccc1)c1ccccc1OCn1nnc2ccccc21.c1ccc2c(c1)Sc1ccccc1N2Cn1nnc2ccccc21. The number of esters is 1. The molecule has 0 unspecified atom stereocenters. The van der Waals surface area contributed by atoms with Gasteiger partial charge < -0.3 is 29.2 Å². The number of ketones is 2. The molecule has 0 aliphatic carbocycles. The number of anilines is 2. The van der Waals surface area contributed by atoms with E-state index in [0.717, 1.165) is 81.3 Å². The number of ether oxygens (including phenoxy) is 4. The van der Waals surface area contributed by atoms with Crippen molar-refractivity contribution in [1.82, 2.24) is 125 Å². The first-order chi connectivity index (χ1) is 68.3. The monoisotopic (exact) mass is 1930 g/mol. The number of thiocarbonyl (C=S) groups is 1. The molecule has 21 rings (SSSR count). The molecule has 1 N–H and O–H groups in total. The number of carbonyl (C=O) groups is 6. The van der Waals surface area contributed by atoms with E-state index < -0.39 is 6.09 Å². The summed E-state index contributed by atoms with van der Waals surface area (Å²) in [5.74, 6) is -0.0605. The van der Waals surface area contributed by atoms with E-state index in [4.69, 9.17) is 31.2 Å². The minimum absolute atomic E-state index is 0.0698. The van der Waals surface area contributed by atoms with Crippen molar-refractivity contribution in [3.8, 4) is 5.75 Å². The van der Waals surface area contributed by atoms with Crippen LogP contribution < -0.4 is 15.0 Å². The standard InChI is InChI=1S/C20H15N3O2.C19H14N4S.C12H13N3O2.C10H10N4O.2C10H9N3O2.C10H11N3OS2.C9H10N4/c24-20(15-8-2-1-3-9-15)16-10-4-7-13-19(16)25-14-23-18-12-6-5-11-17(18)21-22-23;1-2-8-15-14(7-1)20-21-23(15)13-22-16-9-3-5-11-18(16)24-19-12-6-4-10-17(19)22;1-9(2)12(16)17-8-7-15-11-6-4-3-5-10(11)13-14-15;1-2-10(15)11-7-14-9-6-4-3-5-8(9)12-13-14;1-7(14)6-10(15)13-9-5-3-2-4-8(9)11-12-13;1-2-7-15-10(14)13-9-6-4-3-5-8(9)11-12-13;1-2-14-10(15)16-7-13-9-6-4-3-5-8(9)11-12-13;1-7(2)11-13-9-6-4-3-5-8(9)10-12-13/h1-13H,14H2;1-12H,13H2;3-6H,1,7-8H2,2H3;2-6H,1,7H2,(H,11,15);2-5H,6H2,1H3;2-6H,1,7H2;3-6H,2,7H2,1H3;3-6H,1-2H3. The summed E-state index contributed by atoms with van der Waals surface area (Å²) >= 11 is 8.29. The van der Waals surface area contributed by atoms with E-state index in [1.54, 1.807) is 80.4 Å². The van der Waals surface area contributed by atoms with Gasteiger partial charge in [-0.25, -0.2) is 33.0 Å². The number of hydrogen-bond acceptors (Lipinski definition) is 31. The third-order valence-corrected chi connectivity index (χ3v) is 22.3. The zero-order valence-corrected chi connectivity index (χ0v) is 78.8. The molecule has 1 amide bonds. The molecule has 37 nitrogen and oxygen atoms in total. The van der Waals surface area contributed by atoms with E-state index in [1.807, 2.05) is 230 Å². The van der Waals surface area contributed by atoms with E-state index in [2.05, 4.69) is 172 Å². The second kappa shape index (κ2) is 49.0. The van der Waals surface area contributed by atoms with Gasteiger partial charge >= 0.3 is 12.1 Å². The largest absolute Gasteiger partial charge is 0.479 e. The van der Waals surface area contributed by atoms with E-state index in [1.165, 1.54) is 52.0 Å². The number of thioether (sulfide) groups is 1. The van der Waals surface area contributed by atoms with Gasteiger partial charge in [-0.05, 0) is 192 Å². The van der Waals surface area contributed by atoms with Gasteiger partial charge in [-0.15, -0.1) is 50.3 Å². The number of nitrogens with zero attached hydrogens (tertiary/aromatic N) is 26. The smallest absolute Gasteiger partial charge is 0.437 e. The van der Waals surface area contributed by atoms with Gasteiger partial charge in [0.15, 0.2) is 12.5 Å². The Morgan fingerprint density at radius 3 is 1.41 bits per heavy atom. The number of aromatic nitrogens is 24. The minimum atomic E-state index is -0.552. The first-order valence-electron chi connectivity index (χ1n) is 43.4. The number of amides is 1. The molecule has 0 radical (unpaired) electrons. The lowest BCUT2D eigenvalue weighted by Crippen LogP contribution is -2.24. The lowest BCUT2D eigenvalue weighted by atomic mass is 10.0. The summed E-state index contributed by atoms with van der Waals surface area (Å²) in [5.41, 5.74) is 18.3. The first kappa shape index (κ1) is 98.3. The fourth-order valence-electron chi connectivity index (χ4n) is 13.4. The molecule has 704 valence electrons. The van der Waals surface area contributed by atoms with Crippen LogP contribution in [0.15, 0.2) is 350 Å². The maximum absolute atomic E-state index is 12.7. The third kappa shape index (κ3) is 25.9. The van der Waals surface area contributed by atoms with Gasteiger partial charge in [0.05, 0.1) is 75.5 Å². The van der Waals surface area contributed by atoms with Crippen molar-refractivity contribution in [2.45, 2.75) is 83.3 Å². The predicted molar refractivity (Wildman–Crippen MR) is 539 cm³/mol. The average Bonchev–Trinajstić information content (AvgIpc) is 1.28. The van der Waals surface area contributed by atoms with Crippen molar-refractivity contribution in [2.24, 2.45) is 5.10 Å². The van der Waals surface area contributed by atoms with Gasteiger partial charge in [0, 0.05) is 26.6 Å². The molecule has 12 aromatic carbocycles. The minimum Gasteiger partial charge on any atom is -0.479 e. The van der Waals surface area contributed by atoms with Gasteiger partial charge in [-0.1, -0.05) is 250 Å². The zero-order valence-electron chi connectivity index (χ0n) is 76.4. The van der Waals surface area contributed by atoms with Gasteiger partial charge in [0.25, 0.3) is 5.91 Å². The molecule has 1 aliphatic rings. The summed E-state index contributed by atoms with van der Waals surface area (Å²) in [7, 11) is 0. The Morgan fingerprint density at radius 2 is 0.871 bits per heavy atom. The molecule has 0 spiro atoms. The lowest BCUT2D eigenvalue weighted by Gasteiger charge is -2.32. The zero-order chi connectivity index (χ0) is 98.1. The summed E-state index contributed by atoms with van der Waals surface area (Å²) < 4.78 is 32.5. The highest BCUT2D eigenvalue weighted by molar-refractivity contribution is 8.22. The third-order valence-electron chi connectivity index (χ3n) is 19.9. The number of rotatable bonds is 22. The summed E-state index contributed by atoms with van der Waals surface area (Å²) in [6, 6.07) is 94.2. The molecule has 8 aromatic heterocycles. The molecule has 0 bridgehead atoms. The van der Waals surface area contributed by atoms with Crippen molar-refractivity contribution in [1.29, 1.82) is 0 Å². The molecule has 9 heterocycles. The van der Waals surface area contributed by atoms with E-state index in [9.17, 15) is 28.8 Å². The van der Waals surface area contributed by atoms with Crippen LogP contribution >= 0.6 is 35.7 Å². The molecule has 0 fully saturated rings. The van der Waals surface area contributed by atoms with Crippen LogP contribution in [0.1, 0.15) is 61.8 Å². The van der Waals surface area contributed by atoms with Gasteiger partial charge in [0.2, 0.25) is 10.3 Å². The first-order valence-corrected chi connectivity index (χ1v) is 45.7. The fraction of sp³-hybridized carbons (Fsp3) is 0.140. The van der Waals surface area contributed by atoms with E-state index in [-0.39, 0.29) is 55.7 Å². The van der Waals surface area contributed by atoms with Crippen LogP contribution in [0.2, 0.25) is 0 Å². The Kier molecular flexibility index (Phi) is 34.4. The van der Waals surface area contributed by atoms with Gasteiger partial charge in [-0.2, -0.15) is 9.78 Å². The highest BCUT2D eigenvalue weighted by Gasteiger charge is 2.25. The van der Waals surface area contributed by atoms with Crippen molar-refractivity contribution in [3.05, 3.63) is 346 Å². The molecule has 140 heavy (non-hydrogen) atoms.